The van der Waals surface area contributed by atoms with Gasteiger partial charge in [0.2, 0.25) is 0 Å². The summed E-state index contributed by atoms with van der Waals surface area (Å²) >= 11 is 10.6. The van der Waals surface area contributed by atoms with E-state index in [2.05, 4.69) is 17.9 Å². The summed E-state index contributed by atoms with van der Waals surface area (Å²) in [4.78, 5) is 26.9. The lowest BCUT2D eigenvalue weighted by Gasteiger charge is -2.46. The van der Waals surface area contributed by atoms with Gasteiger partial charge in [0.1, 0.15) is 11.0 Å². The first-order valence-corrected chi connectivity index (χ1v) is 11.0. The van der Waals surface area contributed by atoms with E-state index in [0.29, 0.717) is 5.75 Å². The fourth-order valence-corrected chi connectivity index (χ4v) is 4.21. The molecule has 7 heteroatoms. The maximum Gasteiger partial charge on any atom is 0.345 e. The molecule has 31 heavy (non-hydrogen) atoms. The van der Waals surface area contributed by atoms with Crippen LogP contribution in [0.1, 0.15) is 23.6 Å². The number of halogens is 1. The van der Waals surface area contributed by atoms with Crippen molar-refractivity contribution in [1.82, 2.24) is 9.91 Å². The highest BCUT2D eigenvalue weighted by Gasteiger charge is 2.46. The second-order valence-corrected chi connectivity index (χ2v) is 8.05. The number of rotatable bonds is 8. The molecule has 3 aromatic carbocycles. The van der Waals surface area contributed by atoms with Crippen LogP contribution in [0, 0.1) is 4.91 Å². The van der Waals surface area contributed by atoms with Crippen molar-refractivity contribution in [2.45, 2.75) is 18.0 Å². The number of benzene rings is 3. The Hall–Kier alpha value is -2.83. The van der Waals surface area contributed by atoms with Crippen LogP contribution in [0.15, 0.2) is 96.3 Å². The second kappa shape index (κ2) is 10.5. The summed E-state index contributed by atoms with van der Waals surface area (Å²) in [7, 11) is 0. The predicted octanol–water partition coefficient (Wildman–Crippen LogP) is 5.90. The van der Waals surface area contributed by atoms with Crippen molar-refractivity contribution >= 4 is 30.3 Å². The van der Waals surface area contributed by atoms with Crippen molar-refractivity contribution in [1.29, 1.82) is 0 Å². The molecule has 0 N–H and O–H groups in total. The van der Waals surface area contributed by atoms with Gasteiger partial charge in [-0.05, 0) is 23.6 Å². The van der Waals surface area contributed by atoms with Crippen LogP contribution >= 0.6 is 24.2 Å². The van der Waals surface area contributed by atoms with Crippen LogP contribution in [0.4, 0.5) is 4.79 Å². The molecule has 2 amide bonds. The maximum absolute atomic E-state index is 13.7. The normalized spacial score (nSPS) is 12.1. The van der Waals surface area contributed by atoms with Crippen LogP contribution in [0.2, 0.25) is 0 Å². The summed E-state index contributed by atoms with van der Waals surface area (Å²) in [6.45, 7) is 1.80. The molecule has 0 spiro atoms. The van der Waals surface area contributed by atoms with Crippen molar-refractivity contribution in [3.63, 3.8) is 0 Å². The van der Waals surface area contributed by atoms with Crippen molar-refractivity contribution in [3.05, 3.63) is 113 Å². The van der Waals surface area contributed by atoms with Crippen LogP contribution in [0.5, 0.6) is 0 Å². The molecule has 3 aromatic rings. The van der Waals surface area contributed by atoms with Gasteiger partial charge in [-0.3, -0.25) is 0 Å². The lowest BCUT2D eigenvalue weighted by molar-refractivity contribution is 0.119. The summed E-state index contributed by atoms with van der Waals surface area (Å²) in [5.74, 6) is 0.378. The third-order valence-corrected chi connectivity index (χ3v) is 5.54. The zero-order valence-electron chi connectivity index (χ0n) is 17.1. The molecule has 0 aliphatic carbocycles. The minimum absolute atomic E-state index is 0.260. The fraction of sp³-hybridized carbons (Fsp3) is 0.208. The lowest BCUT2D eigenvalue weighted by atomic mass is 9.75. The number of carbonyl (C=O) groups excluding carboxylic acids is 1. The highest BCUT2D eigenvalue weighted by atomic mass is 35.5. The van der Waals surface area contributed by atoms with Crippen molar-refractivity contribution in [2.24, 2.45) is 5.29 Å². The molecule has 1 atom stereocenters. The molecule has 0 aliphatic heterocycles. The quantitative estimate of drug-likeness (QED) is 0.115. The molecular weight excluding hydrogens is 430 g/mol. The Morgan fingerprint density at radius 2 is 1.29 bits per heavy atom. The second-order valence-electron chi connectivity index (χ2n) is 6.97. The van der Waals surface area contributed by atoms with E-state index < -0.39 is 17.1 Å². The van der Waals surface area contributed by atoms with Crippen LogP contribution in [-0.2, 0) is 5.54 Å². The summed E-state index contributed by atoms with van der Waals surface area (Å²) in [5.41, 5.74) is 0.674. The topological polar surface area (TPSA) is 53.0 Å². The van der Waals surface area contributed by atoms with E-state index in [1.54, 1.807) is 4.90 Å². The standard InChI is InChI=1S/C24H24ClN3O2S/c1-19(25)28(26-30)23(29)27(17-18-31)24(20-11-5-2-6-12-20,21-13-7-3-8-14-21)22-15-9-4-10-16-22/h2-16,19,31H,17-18H2,1H3. The van der Waals surface area contributed by atoms with Crippen molar-refractivity contribution in [3.8, 4) is 0 Å². The van der Waals surface area contributed by atoms with Gasteiger partial charge in [-0.1, -0.05) is 103 Å². The molecule has 0 fully saturated rings. The van der Waals surface area contributed by atoms with Crippen LogP contribution in [-0.4, -0.2) is 33.7 Å². The number of nitrogens with zero attached hydrogens (tertiary/aromatic N) is 3. The minimum atomic E-state index is -1.03. The molecule has 5 nitrogen and oxygen atoms in total. The Kier molecular flexibility index (Phi) is 7.71. The lowest BCUT2D eigenvalue weighted by Crippen LogP contribution is -2.56. The van der Waals surface area contributed by atoms with E-state index in [4.69, 9.17) is 11.6 Å². The van der Waals surface area contributed by atoms with Gasteiger partial charge >= 0.3 is 6.03 Å². The molecular formula is C24H24ClN3O2S. The molecule has 1 unspecified atom stereocenters. The molecule has 0 saturated carbocycles. The molecule has 0 aliphatic rings. The van der Waals surface area contributed by atoms with Gasteiger partial charge in [0, 0.05) is 12.3 Å². The average molecular weight is 454 g/mol. The van der Waals surface area contributed by atoms with Crippen LogP contribution < -0.4 is 0 Å². The Morgan fingerprint density at radius 1 is 0.903 bits per heavy atom. The number of hydrogen-bond donors (Lipinski definition) is 1. The third-order valence-electron chi connectivity index (χ3n) is 5.16. The largest absolute Gasteiger partial charge is 0.345 e. The van der Waals surface area contributed by atoms with Crippen LogP contribution in [0.25, 0.3) is 0 Å². The average Bonchev–Trinajstić information content (AvgIpc) is 2.81. The number of carbonyl (C=O) groups is 1. The van der Waals surface area contributed by atoms with Gasteiger partial charge in [-0.15, -0.1) is 4.91 Å². The van der Waals surface area contributed by atoms with E-state index in [-0.39, 0.29) is 6.54 Å². The van der Waals surface area contributed by atoms with E-state index in [0.717, 1.165) is 21.7 Å². The number of amides is 2. The summed E-state index contributed by atoms with van der Waals surface area (Å²) in [6.07, 6.45) is 0. The predicted molar refractivity (Wildman–Crippen MR) is 128 cm³/mol. The third kappa shape index (κ3) is 4.45. The van der Waals surface area contributed by atoms with E-state index >= 15 is 0 Å². The van der Waals surface area contributed by atoms with Gasteiger partial charge in [0.25, 0.3) is 0 Å². The smallest absolute Gasteiger partial charge is 0.304 e. The summed E-state index contributed by atoms with van der Waals surface area (Å²) in [5, 5.41) is 3.68. The Morgan fingerprint density at radius 3 is 1.58 bits per heavy atom. The van der Waals surface area contributed by atoms with E-state index in [9.17, 15) is 9.70 Å². The van der Waals surface area contributed by atoms with Gasteiger partial charge in [0.05, 0.1) is 5.29 Å². The molecule has 160 valence electrons. The molecule has 0 saturated heterocycles. The number of thiol groups is 1. The van der Waals surface area contributed by atoms with Gasteiger partial charge in [0.15, 0.2) is 0 Å². The van der Waals surface area contributed by atoms with E-state index in [1.807, 2.05) is 91.0 Å². The Bertz CT molecular complexity index is 891. The van der Waals surface area contributed by atoms with Crippen molar-refractivity contribution < 1.29 is 4.79 Å². The van der Waals surface area contributed by atoms with E-state index in [1.165, 1.54) is 6.92 Å². The number of alkyl halides is 1. The van der Waals surface area contributed by atoms with Gasteiger partial charge in [-0.25, -0.2) is 4.79 Å². The van der Waals surface area contributed by atoms with Gasteiger partial charge in [-0.2, -0.15) is 17.6 Å². The monoisotopic (exact) mass is 453 g/mol. The highest BCUT2D eigenvalue weighted by molar-refractivity contribution is 7.80. The fourth-order valence-electron chi connectivity index (χ4n) is 3.89. The molecule has 0 radical (unpaired) electrons. The minimum Gasteiger partial charge on any atom is -0.304 e. The Labute approximate surface area is 193 Å². The first-order chi connectivity index (χ1) is 15.1. The summed E-state index contributed by atoms with van der Waals surface area (Å²) < 4.78 is 0. The number of urea groups is 1. The highest BCUT2D eigenvalue weighted by Crippen LogP contribution is 2.43. The number of nitroso groups, excluding NO2 is 1. The Balaban J connectivity index is 2.40. The molecule has 0 aromatic heterocycles. The van der Waals surface area contributed by atoms with Gasteiger partial charge < -0.3 is 4.90 Å². The number of hydrogen-bond acceptors (Lipinski definition) is 4. The SMILES string of the molecule is CC(Cl)N(N=O)C(=O)N(CCS)C(c1ccccc1)(c1ccccc1)c1ccccc1. The first kappa shape index (κ1) is 22.8. The van der Waals surface area contributed by atoms with Crippen molar-refractivity contribution in [2.75, 3.05) is 12.3 Å². The van der Waals surface area contributed by atoms with Crippen LogP contribution in [0.3, 0.4) is 0 Å². The zero-order valence-corrected chi connectivity index (χ0v) is 18.8. The molecule has 0 heterocycles. The molecule has 3 rings (SSSR count). The summed E-state index contributed by atoms with van der Waals surface area (Å²) in [6, 6.07) is 28.6. The maximum atomic E-state index is 13.7. The molecule has 0 bridgehead atoms. The first-order valence-electron chi connectivity index (χ1n) is 9.93. The zero-order chi connectivity index (χ0) is 22.3.